The van der Waals surface area contributed by atoms with E-state index in [0.717, 1.165) is 31.5 Å². The summed E-state index contributed by atoms with van der Waals surface area (Å²) in [7, 11) is 1.38. The van der Waals surface area contributed by atoms with Gasteiger partial charge < -0.3 is 20.1 Å². The van der Waals surface area contributed by atoms with Crippen LogP contribution in [0.4, 0.5) is 10.5 Å². The molecule has 0 aromatic heterocycles. The molecule has 1 aromatic rings. The Kier molecular flexibility index (Phi) is 10.3. The van der Waals surface area contributed by atoms with Crippen LogP contribution in [0.15, 0.2) is 24.3 Å². The van der Waals surface area contributed by atoms with Gasteiger partial charge >= 0.3 is 12.1 Å². The van der Waals surface area contributed by atoms with Crippen LogP contribution in [0.25, 0.3) is 0 Å². The fourth-order valence-electron chi connectivity index (χ4n) is 2.54. The molecule has 0 aliphatic carbocycles. The molecule has 0 saturated carbocycles. The van der Waals surface area contributed by atoms with Crippen LogP contribution in [0, 0.1) is 0 Å². The van der Waals surface area contributed by atoms with E-state index in [2.05, 4.69) is 15.4 Å². The number of anilines is 1. The topological polar surface area (TPSA) is 76.7 Å². The van der Waals surface area contributed by atoms with E-state index in [1.807, 2.05) is 32.9 Å². The van der Waals surface area contributed by atoms with Crippen LogP contribution < -0.4 is 10.6 Å². The minimum absolute atomic E-state index is 0.317. The Bertz CT molecular complexity index is 565. The Morgan fingerprint density at radius 2 is 1.44 bits per heavy atom. The van der Waals surface area contributed by atoms with Crippen LogP contribution in [0.1, 0.15) is 69.7 Å². The van der Waals surface area contributed by atoms with Gasteiger partial charge in [0, 0.05) is 18.8 Å². The maximum absolute atomic E-state index is 11.5. The zero-order chi connectivity index (χ0) is 20.1. The molecule has 6 nitrogen and oxygen atoms in total. The lowest BCUT2D eigenvalue weighted by atomic mass is 10.1. The third-order valence-corrected chi connectivity index (χ3v) is 3.91. The zero-order valence-corrected chi connectivity index (χ0v) is 17.1. The van der Waals surface area contributed by atoms with E-state index in [9.17, 15) is 9.59 Å². The molecule has 0 radical (unpaired) electrons. The monoisotopic (exact) mass is 378 g/mol. The molecule has 0 spiro atoms. The number of alkyl carbamates (subject to hydrolysis) is 1. The second-order valence-electron chi connectivity index (χ2n) is 7.55. The van der Waals surface area contributed by atoms with Gasteiger partial charge in [0.05, 0.1) is 12.7 Å². The first-order valence-corrected chi connectivity index (χ1v) is 9.71. The van der Waals surface area contributed by atoms with Gasteiger partial charge in [0.15, 0.2) is 0 Å². The number of esters is 1. The third-order valence-electron chi connectivity index (χ3n) is 3.91. The molecule has 0 atom stereocenters. The summed E-state index contributed by atoms with van der Waals surface area (Å²) in [5.41, 5.74) is 1.13. The number of ether oxygens (including phenoxy) is 2. The molecule has 0 bridgehead atoms. The first-order chi connectivity index (χ1) is 12.8. The highest BCUT2D eigenvalue weighted by Crippen LogP contribution is 2.11. The molecule has 27 heavy (non-hydrogen) atoms. The number of amides is 1. The number of methoxy groups -OCH3 is 1. The second kappa shape index (κ2) is 12.2. The molecule has 152 valence electrons. The minimum Gasteiger partial charge on any atom is -0.465 e. The first-order valence-electron chi connectivity index (χ1n) is 9.71. The highest BCUT2D eigenvalue weighted by Gasteiger charge is 2.15. The van der Waals surface area contributed by atoms with Gasteiger partial charge in [-0.05, 0) is 57.9 Å². The van der Waals surface area contributed by atoms with Crippen molar-refractivity contribution in [2.24, 2.45) is 0 Å². The van der Waals surface area contributed by atoms with Gasteiger partial charge in [-0.3, -0.25) is 0 Å². The van der Waals surface area contributed by atoms with Crippen LogP contribution in [-0.2, 0) is 9.47 Å². The molecule has 6 heteroatoms. The lowest BCUT2D eigenvalue weighted by molar-refractivity contribution is 0.0525. The van der Waals surface area contributed by atoms with E-state index in [-0.39, 0.29) is 12.1 Å². The first kappa shape index (κ1) is 22.8. The number of nitrogens with one attached hydrogen (secondary N) is 2. The molecule has 0 saturated heterocycles. The lowest BCUT2D eigenvalue weighted by Crippen LogP contribution is -2.32. The number of benzene rings is 1. The SMILES string of the molecule is COC(=O)c1ccc(NCCCCCCCCNC(=O)OC(C)(C)C)cc1. The summed E-state index contributed by atoms with van der Waals surface area (Å²) in [5.74, 6) is -0.317. The fourth-order valence-corrected chi connectivity index (χ4v) is 2.54. The van der Waals surface area contributed by atoms with Gasteiger partial charge in [0.25, 0.3) is 0 Å². The van der Waals surface area contributed by atoms with E-state index in [1.54, 1.807) is 12.1 Å². The summed E-state index contributed by atoms with van der Waals surface area (Å²) in [6.07, 6.45) is 6.39. The zero-order valence-electron chi connectivity index (χ0n) is 17.1. The molecular weight excluding hydrogens is 344 g/mol. The minimum atomic E-state index is -0.443. The smallest absolute Gasteiger partial charge is 0.407 e. The summed E-state index contributed by atoms with van der Waals surface area (Å²) < 4.78 is 9.87. The van der Waals surface area contributed by atoms with Gasteiger partial charge in [-0.25, -0.2) is 9.59 Å². The van der Waals surface area contributed by atoms with Gasteiger partial charge in [-0.15, -0.1) is 0 Å². The molecule has 1 rings (SSSR count). The van der Waals surface area contributed by atoms with Crippen molar-refractivity contribution in [1.29, 1.82) is 0 Å². The number of carbonyl (C=O) groups excluding carboxylic acids is 2. The van der Waals surface area contributed by atoms with Crippen molar-refractivity contribution in [3.63, 3.8) is 0 Å². The van der Waals surface area contributed by atoms with Crippen LogP contribution >= 0.6 is 0 Å². The van der Waals surface area contributed by atoms with Crippen molar-refractivity contribution in [1.82, 2.24) is 5.32 Å². The quantitative estimate of drug-likeness (QED) is 0.429. The molecule has 0 aliphatic heterocycles. The van der Waals surface area contributed by atoms with Crippen LogP contribution in [0.3, 0.4) is 0 Å². The van der Waals surface area contributed by atoms with E-state index in [4.69, 9.17) is 4.74 Å². The van der Waals surface area contributed by atoms with E-state index >= 15 is 0 Å². The van der Waals surface area contributed by atoms with Crippen LogP contribution in [0.2, 0.25) is 0 Å². The van der Waals surface area contributed by atoms with Crippen molar-refractivity contribution >= 4 is 17.7 Å². The molecule has 1 amide bonds. The predicted molar refractivity (Wildman–Crippen MR) is 108 cm³/mol. The summed E-state index contributed by atoms with van der Waals surface area (Å²) in [5, 5.41) is 6.14. The molecule has 2 N–H and O–H groups in total. The fraction of sp³-hybridized carbons (Fsp3) is 0.619. The number of unbranched alkanes of at least 4 members (excludes halogenated alkanes) is 5. The molecule has 1 aromatic carbocycles. The van der Waals surface area contributed by atoms with Gasteiger partial charge in [0.2, 0.25) is 0 Å². The Hall–Kier alpha value is -2.24. The van der Waals surface area contributed by atoms with Crippen molar-refractivity contribution in [3.05, 3.63) is 29.8 Å². The van der Waals surface area contributed by atoms with Gasteiger partial charge in [-0.1, -0.05) is 25.7 Å². The van der Waals surface area contributed by atoms with Crippen molar-refractivity contribution in [2.75, 3.05) is 25.5 Å². The highest BCUT2D eigenvalue weighted by atomic mass is 16.6. The molecule has 0 aliphatic rings. The molecule has 0 unspecified atom stereocenters. The van der Waals surface area contributed by atoms with E-state index < -0.39 is 5.60 Å². The summed E-state index contributed by atoms with van der Waals surface area (Å²) in [6.45, 7) is 7.16. The standard InChI is InChI=1S/C21H34N2O4/c1-21(2,3)27-20(25)23-16-10-8-6-5-7-9-15-22-18-13-11-17(12-14-18)19(24)26-4/h11-14,22H,5-10,15-16H2,1-4H3,(H,23,25). The van der Waals surface area contributed by atoms with Crippen molar-refractivity contribution in [3.8, 4) is 0 Å². The van der Waals surface area contributed by atoms with Gasteiger partial charge in [0.1, 0.15) is 5.60 Å². The summed E-state index contributed by atoms with van der Waals surface area (Å²) >= 11 is 0. The second-order valence-corrected chi connectivity index (χ2v) is 7.55. The largest absolute Gasteiger partial charge is 0.465 e. The van der Waals surface area contributed by atoms with Gasteiger partial charge in [-0.2, -0.15) is 0 Å². The number of hydrogen-bond donors (Lipinski definition) is 2. The Morgan fingerprint density at radius 1 is 0.889 bits per heavy atom. The van der Waals surface area contributed by atoms with Crippen LogP contribution in [0.5, 0.6) is 0 Å². The van der Waals surface area contributed by atoms with E-state index in [0.29, 0.717) is 12.1 Å². The molecular formula is C21H34N2O4. The number of hydrogen-bond acceptors (Lipinski definition) is 5. The van der Waals surface area contributed by atoms with Crippen molar-refractivity contribution in [2.45, 2.75) is 64.9 Å². The number of rotatable bonds is 11. The maximum Gasteiger partial charge on any atom is 0.407 e. The van der Waals surface area contributed by atoms with Crippen molar-refractivity contribution < 1.29 is 19.1 Å². The highest BCUT2D eigenvalue weighted by molar-refractivity contribution is 5.89. The normalized spacial score (nSPS) is 11.0. The number of carbonyl (C=O) groups is 2. The van der Waals surface area contributed by atoms with E-state index in [1.165, 1.54) is 26.4 Å². The average Bonchev–Trinajstić information content (AvgIpc) is 2.61. The van der Waals surface area contributed by atoms with Crippen LogP contribution in [-0.4, -0.2) is 37.9 Å². The molecule has 0 heterocycles. The lowest BCUT2D eigenvalue weighted by Gasteiger charge is -2.19. The average molecular weight is 379 g/mol. The Labute approximate surface area is 163 Å². The Balaban J connectivity index is 1.97. The molecule has 0 fully saturated rings. The summed E-state index contributed by atoms with van der Waals surface area (Å²) in [6, 6.07) is 7.31. The maximum atomic E-state index is 11.5. The Morgan fingerprint density at radius 3 is 2.00 bits per heavy atom. The predicted octanol–water partition coefficient (Wildman–Crippen LogP) is 4.75. The summed E-state index contributed by atoms with van der Waals surface area (Å²) in [4.78, 5) is 22.9. The third kappa shape index (κ3) is 11.2.